The van der Waals surface area contributed by atoms with Gasteiger partial charge in [0.25, 0.3) is 5.91 Å². The van der Waals surface area contributed by atoms with Crippen LogP contribution < -0.4 is 15.0 Å². The summed E-state index contributed by atoms with van der Waals surface area (Å²) in [6, 6.07) is 3.41. The maximum absolute atomic E-state index is 14.2. The molecule has 2 aromatic heterocycles. The van der Waals surface area contributed by atoms with Gasteiger partial charge in [-0.3, -0.25) is 14.7 Å². The van der Waals surface area contributed by atoms with Crippen LogP contribution in [0, 0.1) is 18.7 Å². The molecule has 2 fully saturated rings. The Bertz CT molecular complexity index is 1150. The Kier molecular flexibility index (Phi) is 4.94. The van der Waals surface area contributed by atoms with Crippen LogP contribution in [0.2, 0.25) is 0 Å². The Morgan fingerprint density at radius 2 is 2.00 bits per heavy atom. The first-order chi connectivity index (χ1) is 16.4. The Morgan fingerprint density at radius 3 is 2.79 bits per heavy atom. The minimum absolute atomic E-state index is 0.0439. The predicted molar refractivity (Wildman–Crippen MR) is 120 cm³/mol. The number of pyridine rings is 2. The zero-order valence-corrected chi connectivity index (χ0v) is 19.0. The molecule has 3 aliphatic heterocycles. The zero-order chi connectivity index (χ0) is 23.4. The maximum atomic E-state index is 14.2. The number of anilines is 2. The van der Waals surface area contributed by atoms with Gasteiger partial charge in [0.15, 0.2) is 18.2 Å². The van der Waals surface area contributed by atoms with E-state index in [4.69, 9.17) is 9.47 Å². The molecule has 1 spiro atoms. The number of hydrogen-bond donors (Lipinski definition) is 1. The fourth-order valence-electron chi connectivity index (χ4n) is 5.61. The van der Waals surface area contributed by atoms with Gasteiger partial charge >= 0.3 is 6.09 Å². The third-order valence-corrected chi connectivity index (χ3v) is 7.44. The molecule has 34 heavy (non-hydrogen) atoms. The monoisotopic (exact) mass is 467 g/mol. The van der Waals surface area contributed by atoms with Crippen molar-refractivity contribution in [1.29, 1.82) is 0 Å². The van der Waals surface area contributed by atoms with Gasteiger partial charge in [-0.15, -0.1) is 0 Å². The summed E-state index contributed by atoms with van der Waals surface area (Å²) in [5.74, 6) is 1.14. The van der Waals surface area contributed by atoms with E-state index < -0.39 is 11.7 Å². The van der Waals surface area contributed by atoms with Crippen LogP contribution in [0.3, 0.4) is 0 Å². The first-order valence-corrected chi connectivity index (χ1v) is 11.7. The number of amides is 2. The van der Waals surface area contributed by atoms with E-state index in [1.165, 1.54) is 11.1 Å². The van der Waals surface area contributed by atoms with E-state index in [1.54, 1.807) is 12.1 Å². The number of nitrogens with one attached hydrogen (secondary N) is 1. The second kappa shape index (κ2) is 7.90. The van der Waals surface area contributed by atoms with Crippen molar-refractivity contribution < 1.29 is 23.5 Å². The molecule has 1 unspecified atom stereocenters. The summed E-state index contributed by atoms with van der Waals surface area (Å²) in [6.45, 7) is 4.85. The Balaban J connectivity index is 1.09. The number of carbonyl (C=O) groups is 2. The van der Waals surface area contributed by atoms with Crippen molar-refractivity contribution >= 4 is 23.6 Å². The lowest BCUT2D eigenvalue weighted by Crippen LogP contribution is -2.48. The van der Waals surface area contributed by atoms with Crippen LogP contribution in [-0.2, 0) is 22.4 Å². The average molecular weight is 468 g/mol. The van der Waals surface area contributed by atoms with Crippen LogP contribution in [-0.4, -0.2) is 65.3 Å². The number of likely N-dealkylation sites (tertiary alicyclic amines) is 1. The molecule has 2 aromatic rings. The molecule has 10 heteroatoms. The van der Waals surface area contributed by atoms with Crippen molar-refractivity contribution in [1.82, 2.24) is 14.9 Å². The number of halogens is 1. The second-order valence-corrected chi connectivity index (χ2v) is 9.71. The molecule has 0 radical (unpaired) electrons. The molecular formula is C24H26FN5O4. The van der Waals surface area contributed by atoms with Gasteiger partial charge in [-0.1, -0.05) is 0 Å². The van der Waals surface area contributed by atoms with Crippen molar-refractivity contribution in [2.75, 3.05) is 43.0 Å². The zero-order valence-electron chi connectivity index (χ0n) is 19.0. The lowest BCUT2D eigenvalue weighted by molar-refractivity contribution is -0.118. The van der Waals surface area contributed by atoms with Gasteiger partial charge in [0.05, 0.1) is 12.7 Å². The number of aryl methyl sites for hydroxylation is 1. The highest BCUT2D eigenvalue weighted by Crippen LogP contribution is 2.38. The van der Waals surface area contributed by atoms with Crippen LogP contribution >= 0.6 is 0 Å². The number of fused-ring (bicyclic) bond motifs is 2. The third-order valence-electron chi connectivity index (χ3n) is 7.44. The Labute approximate surface area is 196 Å². The summed E-state index contributed by atoms with van der Waals surface area (Å²) in [5, 5.41) is 2.68. The SMILES string of the molecule is Cc1ncc(F)c2c1CC(CN1CCC3(CC1)CN(c1ccc4c(n1)NC(=O)CO4)C(=O)O3)C2. The third kappa shape index (κ3) is 3.66. The van der Waals surface area contributed by atoms with Crippen molar-refractivity contribution in [3.8, 4) is 5.75 Å². The van der Waals surface area contributed by atoms with E-state index in [1.807, 2.05) is 6.92 Å². The number of carbonyl (C=O) groups excluding carboxylic acids is 2. The van der Waals surface area contributed by atoms with Gasteiger partial charge in [0.1, 0.15) is 17.2 Å². The predicted octanol–water partition coefficient (Wildman–Crippen LogP) is 2.46. The molecule has 1 aliphatic carbocycles. The molecule has 178 valence electrons. The van der Waals surface area contributed by atoms with E-state index in [-0.39, 0.29) is 18.3 Å². The highest BCUT2D eigenvalue weighted by atomic mass is 19.1. The quantitative estimate of drug-likeness (QED) is 0.741. The minimum Gasteiger partial charge on any atom is -0.480 e. The standard InChI is InChI=1S/C24H26FN5O4/c1-14-16-8-15(9-17(16)18(25)10-26-14)11-29-6-4-24(5-7-29)13-30(23(32)34-24)20-3-2-19-22(27-20)28-21(31)12-33-19/h2-3,10,15H,4-9,11-13H2,1H3,(H,27,28,31). The summed E-state index contributed by atoms with van der Waals surface area (Å²) >= 11 is 0. The second-order valence-electron chi connectivity index (χ2n) is 9.71. The summed E-state index contributed by atoms with van der Waals surface area (Å²) in [7, 11) is 0. The average Bonchev–Trinajstić information content (AvgIpc) is 3.39. The molecule has 4 aliphatic rings. The van der Waals surface area contributed by atoms with Crippen LogP contribution in [0.25, 0.3) is 0 Å². The number of piperidine rings is 1. The summed E-state index contributed by atoms with van der Waals surface area (Å²) < 4.78 is 25.4. The molecule has 0 aromatic carbocycles. The molecule has 0 saturated carbocycles. The Morgan fingerprint density at radius 1 is 1.21 bits per heavy atom. The molecule has 2 saturated heterocycles. The number of ether oxygens (including phenoxy) is 2. The van der Waals surface area contributed by atoms with Gasteiger partial charge in [0, 0.05) is 38.2 Å². The van der Waals surface area contributed by atoms with E-state index in [0.29, 0.717) is 29.8 Å². The number of rotatable bonds is 3. The summed E-state index contributed by atoms with van der Waals surface area (Å²) in [6.07, 6.45) is 3.98. The molecule has 1 atom stereocenters. The summed E-state index contributed by atoms with van der Waals surface area (Å²) in [5.41, 5.74) is 2.27. The van der Waals surface area contributed by atoms with Crippen LogP contribution in [0.1, 0.15) is 29.7 Å². The highest BCUT2D eigenvalue weighted by Gasteiger charge is 2.48. The van der Waals surface area contributed by atoms with Gasteiger partial charge in [0.2, 0.25) is 0 Å². The lowest BCUT2D eigenvalue weighted by Gasteiger charge is -2.38. The first kappa shape index (κ1) is 21.3. The van der Waals surface area contributed by atoms with Crippen molar-refractivity contribution in [2.24, 2.45) is 5.92 Å². The van der Waals surface area contributed by atoms with E-state index >= 15 is 0 Å². The fraction of sp³-hybridized carbons (Fsp3) is 0.500. The lowest BCUT2D eigenvalue weighted by atomic mass is 9.90. The molecular weight excluding hydrogens is 441 g/mol. The number of aromatic nitrogens is 2. The normalized spacial score (nSPS) is 23.4. The van der Waals surface area contributed by atoms with Crippen molar-refractivity contribution in [2.45, 2.75) is 38.2 Å². The number of hydrogen-bond acceptors (Lipinski definition) is 7. The van der Waals surface area contributed by atoms with E-state index in [9.17, 15) is 14.0 Å². The molecule has 1 N–H and O–H groups in total. The molecule has 2 amide bonds. The van der Waals surface area contributed by atoms with Gasteiger partial charge in [-0.25, -0.2) is 14.2 Å². The topological polar surface area (TPSA) is 96.9 Å². The van der Waals surface area contributed by atoms with E-state index in [2.05, 4.69) is 20.2 Å². The molecule has 5 heterocycles. The first-order valence-electron chi connectivity index (χ1n) is 11.7. The molecule has 6 rings (SSSR count). The smallest absolute Gasteiger partial charge is 0.416 e. The van der Waals surface area contributed by atoms with Gasteiger partial charge < -0.3 is 19.7 Å². The van der Waals surface area contributed by atoms with Crippen molar-refractivity contribution in [3.05, 3.63) is 41.0 Å². The van der Waals surface area contributed by atoms with Gasteiger partial charge in [-0.05, 0) is 48.9 Å². The van der Waals surface area contributed by atoms with Gasteiger partial charge in [-0.2, -0.15) is 0 Å². The fourth-order valence-corrected chi connectivity index (χ4v) is 5.61. The number of nitrogens with zero attached hydrogens (tertiary/aromatic N) is 4. The van der Waals surface area contributed by atoms with Crippen LogP contribution in [0.4, 0.5) is 20.8 Å². The molecule has 9 nitrogen and oxygen atoms in total. The van der Waals surface area contributed by atoms with Crippen LogP contribution in [0.5, 0.6) is 5.75 Å². The van der Waals surface area contributed by atoms with E-state index in [0.717, 1.165) is 62.1 Å². The minimum atomic E-state index is -0.545. The largest absolute Gasteiger partial charge is 0.480 e. The molecule has 0 bridgehead atoms. The maximum Gasteiger partial charge on any atom is 0.416 e. The highest BCUT2D eigenvalue weighted by molar-refractivity contribution is 5.95. The summed E-state index contributed by atoms with van der Waals surface area (Å²) in [4.78, 5) is 36.8. The Hall–Kier alpha value is -3.27. The van der Waals surface area contributed by atoms with Crippen molar-refractivity contribution in [3.63, 3.8) is 0 Å². The van der Waals surface area contributed by atoms with Crippen LogP contribution in [0.15, 0.2) is 18.3 Å².